The number of fused-ring (bicyclic) bond motifs is 8. The van der Waals surface area contributed by atoms with E-state index < -0.39 is 0 Å². The van der Waals surface area contributed by atoms with Crippen molar-refractivity contribution >= 4 is 65.4 Å². The highest BCUT2D eigenvalue weighted by Crippen LogP contribution is 2.40. The number of benzene rings is 7. The van der Waals surface area contributed by atoms with Crippen LogP contribution < -0.4 is 0 Å². The van der Waals surface area contributed by atoms with Gasteiger partial charge in [-0.25, -0.2) is 0 Å². The van der Waals surface area contributed by atoms with Gasteiger partial charge in [-0.15, -0.1) is 0 Å². The number of rotatable bonds is 3. The molecule has 4 nitrogen and oxygen atoms in total. The van der Waals surface area contributed by atoms with E-state index in [1.165, 1.54) is 43.4 Å². The van der Waals surface area contributed by atoms with Crippen LogP contribution in [0.5, 0.6) is 0 Å². The van der Waals surface area contributed by atoms with Crippen LogP contribution in [0.3, 0.4) is 0 Å². The molecule has 0 saturated heterocycles. The van der Waals surface area contributed by atoms with Gasteiger partial charge in [-0.2, -0.15) is 0 Å². The van der Waals surface area contributed by atoms with E-state index in [-0.39, 0.29) is 0 Å². The van der Waals surface area contributed by atoms with E-state index in [0.717, 1.165) is 44.6 Å². The minimum absolute atomic E-state index is 0.875. The summed E-state index contributed by atoms with van der Waals surface area (Å²) in [6.07, 6.45) is 3.60. The van der Waals surface area contributed by atoms with E-state index in [0.29, 0.717) is 0 Å². The third kappa shape index (κ3) is 3.55. The average Bonchev–Trinajstić information content (AvgIpc) is 3.62. The molecule has 7 aromatic carbocycles. The van der Waals surface area contributed by atoms with Gasteiger partial charge in [0.1, 0.15) is 5.52 Å². The van der Waals surface area contributed by atoms with E-state index in [1.807, 2.05) is 0 Å². The number of hydrogen-bond donors (Lipinski definition) is 0. The molecule has 0 aliphatic carbocycles. The quantitative estimate of drug-likeness (QED) is 0.206. The maximum atomic E-state index is 4.97. The molecule has 10 rings (SSSR count). The standard InChI is InChI=1S/C42H26N4/c1-2-12-30(13-3-1)45-36-16-8-6-14-32(36)34-19-18-29(26-39(34)45)31-20-21-38(42-41(31)43-22-23-44-42)46-37-17-9-7-15-33(37)35-24-27-10-4-5-11-28(27)25-40(35)46/h1-26H. The Morgan fingerprint density at radius 3 is 1.80 bits per heavy atom. The van der Waals surface area contributed by atoms with Crippen LogP contribution in [-0.2, 0) is 0 Å². The monoisotopic (exact) mass is 586 g/mol. The molecule has 0 aliphatic heterocycles. The van der Waals surface area contributed by atoms with Gasteiger partial charge in [0.05, 0.1) is 33.3 Å². The molecule has 0 bridgehead atoms. The lowest BCUT2D eigenvalue weighted by molar-refractivity contribution is 1.17. The normalized spacial score (nSPS) is 11.9. The first-order valence-corrected chi connectivity index (χ1v) is 15.6. The molecule has 10 aromatic rings. The number of hydrogen-bond acceptors (Lipinski definition) is 2. The van der Waals surface area contributed by atoms with Crippen molar-refractivity contribution in [2.45, 2.75) is 0 Å². The summed E-state index contributed by atoms with van der Waals surface area (Å²) in [6, 6.07) is 52.3. The molecule has 3 aromatic heterocycles. The second-order valence-electron chi connectivity index (χ2n) is 11.9. The van der Waals surface area contributed by atoms with Crippen molar-refractivity contribution in [3.8, 4) is 22.5 Å². The lowest BCUT2D eigenvalue weighted by Gasteiger charge is -2.14. The number of nitrogens with zero attached hydrogens (tertiary/aromatic N) is 4. The van der Waals surface area contributed by atoms with E-state index in [2.05, 4.69) is 155 Å². The molecule has 46 heavy (non-hydrogen) atoms. The molecule has 0 radical (unpaired) electrons. The predicted octanol–water partition coefficient (Wildman–Crippen LogP) is 10.6. The molecule has 4 heteroatoms. The summed E-state index contributed by atoms with van der Waals surface area (Å²) in [5.41, 5.74) is 10.8. The molecule has 0 aliphatic rings. The molecule has 0 saturated carbocycles. The molecule has 0 spiro atoms. The van der Waals surface area contributed by atoms with Crippen LogP contribution in [0.25, 0.3) is 87.9 Å². The van der Waals surface area contributed by atoms with Crippen molar-refractivity contribution < 1.29 is 0 Å². The van der Waals surface area contributed by atoms with Crippen LogP contribution in [0, 0.1) is 0 Å². The Morgan fingerprint density at radius 2 is 1.00 bits per heavy atom. The van der Waals surface area contributed by atoms with E-state index in [9.17, 15) is 0 Å². The molecule has 0 amide bonds. The van der Waals surface area contributed by atoms with Crippen LogP contribution in [0.1, 0.15) is 0 Å². The van der Waals surface area contributed by atoms with Gasteiger partial charge in [-0.3, -0.25) is 9.97 Å². The zero-order valence-electron chi connectivity index (χ0n) is 24.8. The smallest absolute Gasteiger partial charge is 0.113 e. The molecule has 0 fully saturated rings. The summed E-state index contributed by atoms with van der Waals surface area (Å²) in [5, 5.41) is 7.38. The number of aromatic nitrogens is 4. The highest BCUT2D eigenvalue weighted by molar-refractivity contribution is 6.15. The minimum atomic E-state index is 0.875. The van der Waals surface area contributed by atoms with Gasteiger partial charge in [0, 0.05) is 45.2 Å². The van der Waals surface area contributed by atoms with Crippen molar-refractivity contribution in [2.24, 2.45) is 0 Å². The fraction of sp³-hybridized carbons (Fsp3) is 0. The van der Waals surface area contributed by atoms with Gasteiger partial charge >= 0.3 is 0 Å². The second-order valence-corrected chi connectivity index (χ2v) is 11.9. The predicted molar refractivity (Wildman–Crippen MR) is 191 cm³/mol. The second kappa shape index (κ2) is 9.62. The maximum Gasteiger partial charge on any atom is 0.113 e. The van der Waals surface area contributed by atoms with Crippen molar-refractivity contribution in [1.29, 1.82) is 0 Å². The van der Waals surface area contributed by atoms with Gasteiger partial charge in [0.25, 0.3) is 0 Å². The fourth-order valence-electron chi connectivity index (χ4n) is 7.36. The van der Waals surface area contributed by atoms with Crippen molar-refractivity contribution in [2.75, 3.05) is 0 Å². The summed E-state index contributed by atoms with van der Waals surface area (Å²) in [4.78, 5) is 9.93. The molecule has 0 N–H and O–H groups in total. The Bertz CT molecular complexity index is 2810. The first-order chi connectivity index (χ1) is 22.8. The molecule has 214 valence electrons. The van der Waals surface area contributed by atoms with Gasteiger partial charge in [-0.1, -0.05) is 91.0 Å². The topological polar surface area (TPSA) is 35.6 Å². The first-order valence-electron chi connectivity index (χ1n) is 15.6. The van der Waals surface area contributed by atoms with Gasteiger partial charge in [0.2, 0.25) is 0 Å². The fourth-order valence-corrected chi connectivity index (χ4v) is 7.36. The zero-order chi connectivity index (χ0) is 30.2. The molecular weight excluding hydrogens is 560 g/mol. The molecule has 0 atom stereocenters. The Balaban J connectivity index is 1.24. The van der Waals surface area contributed by atoms with Crippen LogP contribution in [0.15, 0.2) is 158 Å². The van der Waals surface area contributed by atoms with Crippen molar-refractivity contribution in [3.05, 3.63) is 158 Å². The molecular formula is C42H26N4. The minimum Gasteiger partial charge on any atom is -0.309 e. The van der Waals surface area contributed by atoms with Gasteiger partial charge < -0.3 is 9.13 Å². The lowest BCUT2D eigenvalue weighted by atomic mass is 10.0. The Hall–Kier alpha value is -6.26. The Morgan fingerprint density at radius 1 is 0.391 bits per heavy atom. The zero-order valence-corrected chi connectivity index (χ0v) is 24.8. The van der Waals surface area contributed by atoms with E-state index >= 15 is 0 Å². The first kappa shape index (κ1) is 25.1. The van der Waals surface area contributed by atoms with Gasteiger partial charge in [-0.05, 0) is 70.9 Å². The average molecular weight is 587 g/mol. The van der Waals surface area contributed by atoms with Crippen molar-refractivity contribution in [3.63, 3.8) is 0 Å². The largest absolute Gasteiger partial charge is 0.309 e. The third-order valence-corrected chi connectivity index (χ3v) is 9.38. The van der Waals surface area contributed by atoms with Gasteiger partial charge in [0.15, 0.2) is 0 Å². The summed E-state index contributed by atoms with van der Waals surface area (Å²) in [6.45, 7) is 0. The Labute approximate surface area is 264 Å². The van der Waals surface area contributed by atoms with Crippen LogP contribution in [0.4, 0.5) is 0 Å². The van der Waals surface area contributed by atoms with E-state index in [1.54, 1.807) is 12.4 Å². The van der Waals surface area contributed by atoms with Crippen LogP contribution >= 0.6 is 0 Å². The van der Waals surface area contributed by atoms with Crippen molar-refractivity contribution in [1.82, 2.24) is 19.1 Å². The maximum absolute atomic E-state index is 4.97. The van der Waals surface area contributed by atoms with Crippen LogP contribution in [0.2, 0.25) is 0 Å². The van der Waals surface area contributed by atoms with E-state index in [4.69, 9.17) is 9.97 Å². The summed E-state index contributed by atoms with van der Waals surface area (Å²) in [7, 11) is 0. The Kier molecular flexibility index (Phi) is 5.25. The highest BCUT2D eigenvalue weighted by atomic mass is 15.0. The SMILES string of the molecule is c1ccc(-n2c3ccccc3c3ccc(-c4ccc(-n5c6ccccc6c6cc7ccccc7cc65)c5nccnc45)cc32)cc1. The lowest BCUT2D eigenvalue weighted by Crippen LogP contribution is -1.99. The summed E-state index contributed by atoms with van der Waals surface area (Å²) >= 11 is 0. The number of para-hydroxylation sites is 3. The van der Waals surface area contributed by atoms with Crippen LogP contribution in [-0.4, -0.2) is 19.1 Å². The third-order valence-electron chi connectivity index (χ3n) is 9.38. The summed E-state index contributed by atoms with van der Waals surface area (Å²) < 4.78 is 4.72. The summed E-state index contributed by atoms with van der Waals surface area (Å²) in [5.74, 6) is 0. The highest BCUT2D eigenvalue weighted by Gasteiger charge is 2.19. The molecule has 3 heterocycles. The molecule has 0 unspecified atom stereocenters.